The number of benzene rings is 1. The Balaban J connectivity index is 1.44. The number of hydrogen-bond acceptors (Lipinski definition) is 5. The third kappa shape index (κ3) is 5.07. The van der Waals surface area contributed by atoms with Crippen molar-refractivity contribution in [1.29, 1.82) is 0 Å². The first-order valence-electron chi connectivity index (χ1n) is 9.41. The van der Waals surface area contributed by atoms with E-state index in [2.05, 4.69) is 20.8 Å². The zero-order valence-electron chi connectivity index (χ0n) is 16.1. The summed E-state index contributed by atoms with van der Waals surface area (Å²) in [6.45, 7) is 2.76. The Labute approximate surface area is 167 Å². The first kappa shape index (κ1) is 20.2. The van der Waals surface area contributed by atoms with Gasteiger partial charge in [-0.15, -0.1) is 0 Å². The van der Waals surface area contributed by atoms with Crippen LogP contribution in [0.5, 0.6) is 0 Å². The van der Waals surface area contributed by atoms with Crippen LogP contribution in [0.4, 0.5) is 0 Å². The maximum atomic E-state index is 12.4. The molecule has 1 fully saturated rings. The molecule has 0 radical (unpaired) electrons. The van der Waals surface area contributed by atoms with Gasteiger partial charge in [0.05, 0.1) is 12.0 Å². The zero-order valence-corrected chi connectivity index (χ0v) is 16.1. The Morgan fingerprint density at radius 3 is 2.55 bits per heavy atom. The molecule has 9 nitrogen and oxygen atoms in total. The maximum absolute atomic E-state index is 12.4. The molecule has 152 valence electrons. The number of rotatable bonds is 7. The number of aromatic amines is 1. The molecule has 2 atom stereocenters. The number of hydrogen-bond donors (Lipinski definition) is 3. The van der Waals surface area contributed by atoms with Crippen LogP contribution in [-0.2, 0) is 9.59 Å². The van der Waals surface area contributed by atoms with Crippen molar-refractivity contribution in [3.63, 3.8) is 0 Å². The van der Waals surface area contributed by atoms with Gasteiger partial charge in [-0.2, -0.15) is 5.10 Å². The van der Waals surface area contributed by atoms with Crippen LogP contribution in [-0.4, -0.2) is 52.5 Å². The standard InChI is InChI=1S/C20H23N5O4/c1-13(14-5-3-2-4-6-14)25-12-15(11-18(25)27)19(28)21-9-10-22-20(29)16-7-8-17(26)24-23-16/h2-8,13,15H,9-12H2,1H3,(H,21,28)(H,22,29)(H,24,26). The van der Waals surface area contributed by atoms with E-state index in [1.807, 2.05) is 37.3 Å². The van der Waals surface area contributed by atoms with Gasteiger partial charge in [0.15, 0.2) is 0 Å². The number of nitrogens with one attached hydrogen (secondary N) is 3. The molecule has 1 aliphatic heterocycles. The van der Waals surface area contributed by atoms with Gasteiger partial charge in [0.1, 0.15) is 5.69 Å². The molecule has 3 rings (SSSR count). The van der Waals surface area contributed by atoms with E-state index < -0.39 is 17.4 Å². The Bertz CT molecular complexity index is 923. The second-order valence-corrected chi connectivity index (χ2v) is 6.89. The smallest absolute Gasteiger partial charge is 0.271 e. The molecule has 29 heavy (non-hydrogen) atoms. The summed E-state index contributed by atoms with van der Waals surface area (Å²) >= 11 is 0. The quantitative estimate of drug-likeness (QED) is 0.577. The number of nitrogens with zero attached hydrogens (tertiary/aromatic N) is 2. The van der Waals surface area contributed by atoms with Gasteiger partial charge in [0, 0.05) is 32.1 Å². The monoisotopic (exact) mass is 397 g/mol. The Hall–Kier alpha value is -3.49. The van der Waals surface area contributed by atoms with Gasteiger partial charge in [-0.25, -0.2) is 5.10 Å². The molecule has 1 aromatic heterocycles. The molecular weight excluding hydrogens is 374 g/mol. The average Bonchev–Trinajstić information content (AvgIpc) is 3.13. The van der Waals surface area contributed by atoms with E-state index >= 15 is 0 Å². The fourth-order valence-electron chi connectivity index (χ4n) is 3.26. The van der Waals surface area contributed by atoms with E-state index in [0.29, 0.717) is 6.54 Å². The van der Waals surface area contributed by atoms with E-state index in [9.17, 15) is 19.2 Å². The third-order valence-electron chi connectivity index (χ3n) is 4.90. The van der Waals surface area contributed by atoms with Gasteiger partial charge in [-0.1, -0.05) is 30.3 Å². The number of aromatic nitrogens is 2. The average molecular weight is 397 g/mol. The van der Waals surface area contributed by atoms with Crippen LogP contribution < -0.4 is 16.2 Å². The molecule has 0 aliphatic carbocycles. The second kappa shape index (κ2) is 9.13. The van der Waals surface area contributed by atoms with Gasteiger partial charge in [-0.05, 0) is 18.6 Å². The molecule has 3 N–H and O–H groups in total. The van der Waals surface area contributed by atoms with Gasteiger partial charge >= 0.3 is 0 Å². The van der Waals surface area contributed by atoms with Crippen molar-refractivity contribution in [1.82, 2.24) is 25.7 Å². The highest BCUT2D eigenvalue weighted by atomic mass is 16.2. The van der Waals surface area contributed by atoms with Crippen molar-refractivity contribution in [3.8, 4) is 0 Å². The molecule has 1 aromatic carbocycles. The molecule has 1 saturated heterocycles. The lowest BCUT2D eigenvalue weighted by Gasteiger charge is -2.25. The van der Waals surface area contributed by atoms with Gasteiger partial charge in [0.2, 0.25) is 11.8 Å². The summed E-state index contributed by atoms with van der Waals surface area (Å²) in [7, 11) is 0. The van der Waals surface area contributed by atoms with Crippen LogP contribution in [0.15, 0.2) is 47.3 Å². The van der Waals surface area contributed by atoms with Crippen molar-refractivity contribution in [2.45, 2.75) is 19.4 Å². The highest BCUT2D eigenvalue weighted by Crippen LogP contribution is 2.28. The topological polar surface area (TPSA) is 124 Å². The fourth-order valence-corrected chi connectivity index (χ4v) is 3.26. The second-order valence-electron chi connectivity index (χ2n) is 6.89. The van der Waals surface area contributed by atoms with Crippen molar-refractivity contribution < 1.29 is 14.4 Å². The van der Waals surface area contributed by atoms with Crippen LogP contribution in [0.1, 0.15) is 35.4 Å². The minimum Gasteiger partial charge on any atom is -0.354 e. The SMILES string of the molecule is CC(c1ccccc1)N1CC(C(=O)NCCNC(=O)c2ccc(=O)[nH]n2)CC1=O. The third-order valence-corrected chi connectivity index (χ3v) is 4.90. The summed E-state index contributed by atoms with van der Waals surface area (Å²) < 4.78 is 0. The molecule has 2 unspecified atom stereocenters. The van der Waals surface area contributed by atoms with E-state index in [-0.39, 0.29) is 43.1 Å². The molecule has 9 heteroatoms. The Morgan fingerprint density at radius 1 is 1.14 bits per heavy atom. The molecular formula is C20H23N5O4. The predicted molar refractivity (Wildman–Crippen MR) is 105 cm³/mol. The van der Waals surface area contributed by atoms with Crippen LogP contribution in [0.2, 0.25) is 0 Å². The molecule has 1 aliphatic rings. The van der Waals surface area contributed by atoms with Gasteiger partial charge in [-0.3, -0.25) is 19.2 Å². The summed E-state index contributed by atoms with van der Waals surface area (Å²) in [4.78, 5) is 49.3. The number of carbonyl (C=O) groups is 3. The van der Waals surface area contributed by atoms with E-state index in [4.69, 9.17) is 0 Å². The number of likely N-dealkylation sites (tertiary alicyclic amines) is 1. The van der Waals surface area contributed by atoms with Crippen LogP contribution >= 0.6 is 0 Å². The Morgan fingerprint density at radius 2 is 1.86 bits per heavy atom. The molecule has 0 spiro atoms. The fraction of sp³-hybridized carbons (Fsp3) is 0.350. The normalized spacial score (nSPS) is 17.1. The first-order valence-corrected chi connectivity index (χ1v) is 9.41. The van der Waals surface area contributed by atoms with Crippen LogP contribution in [0.25, 0.3) is 0 Å². The molecule has 3 amide bonds. The summed E-state index contributed by atoms with van der Waals surface area (Å²) in [5.74, 6) is -1.11. The van der Waals surface area contributed by atoms with Crippen molar-refractivity contribution >= 4 is 17.7 Å². The number of H-pyrrole nitrogens is 1. The lowest BCUT2D eigenvalue weighted by atomic mass is 10.1. The van der Waals surface area contributed by atoms with E-state index in [1.165, 1.54) is 12.1 Å². The zero-order chi connectivity index (χ0) is 20.8. The summed E-state index contributed by atoms with van der Waals surface area (Å²) in [6, 6.07) is 12.1. The summed E-state index contributed by atoms with van der Waals surface area (Å²) in [5, 5.41) is 11.2. The summed E-state index contributed by atoms with van der Waals surface area (Å²) in [5.41, 5.74) is 0.721. The number of carbonyl (C=O) groups excluding carboxylic acids is 3. The minimum absolute atomic E-state index is 0.0426. The minimum atomic E-state index is -0.450. The van der Waals surface area contributed by atoms with Crippen LogP contribution in [0, 0.1) is 5.92 Å². The predicted octanol–water partition coefficient (Wildman–Crippen LogP) is 0.226. The lowest BCUT2D eigenvalue weighted by Crippen LogP contribution is -2.38. The van der Waals surface area contributed by atoms with E-state index in [0.717, 1.165) is 5.56 Å². The highest BCUT2D eigenvalue weighted by molar-refractivity contribution is 5.92. The molecule has 2 heterocycles. The van der Waals surface area contributed by atoms with Crippen LogP contribution in [0.3, 0.4) is 0 Å². The largest absolute Gasteiger partial charge is 0.354 e. The van der Waals surface area contributed by atoms with E-state index in [1.54, 1.807) is 4.90 Å². The number of amides is 3. The van der Waals surface area contributed by atoms with Crippen molar-refractivity contribution in [2.75, 3.05) is 19.6 Å². The summed E-state index contributed by atoms with van der Waals surface area (Å²) in [6.07, 6.45) is 0.177. The Kier molecular flexibility index (Phi) is 6.38. The molecule has 0 bridgehead atoms. The lowest BCUT2D eigenvalue weighted by molar-refractivity contribution is -0.130. The first-order chi connectivity index (χ1) is 14.0. The van der Waals surface area contributed by atoms with Gasteiger partial charge < -0.3 is 15.5 Å². The molecule has 2 aromatic rings. The maximum Gasteiger partial charge on any atom is 0.271 e. The molecule has 0 saturated carbocycles. The van der Waals surface area contributed by atoms with Crippen molar-refractivity contribution in [2.24, 2.45) is 5.92 Å². The highest BCUT2D eigenvalue weighted by Gasteiger charge is 2.36. The van der Waals surface area contributed by atoms with Crippen molar-refractivity contribution in [3.05, 3.63) is 64.1 Å². The van der Waals surface area contributed by atoms with Gasteiger partial charge in [0.25, 0.3) is 11.5 Å².